The van der Waals surface area contributed by atoms with E-state index in [-0.39, 0.29) is 40.6 Å². The number of nitrogens with zero attached hydrogens (tertiary/aromatic N) is 4. The van der Waals surface area contributed by atoms with Gasteiger partial charge in [0.25, 0.3) is 6.33 Å². The van der Waals surface area contributed by atoms with Crippen LogP contribution in [0.25, 0.3) is 61.3 Å². The summed E-state index contributed by atoms with van der Waals surface area (Å²) in [4.78, 5) is 4.88. The van der Waals surface area contributed by atoms with E-state index in [1.54, 1.807) is 0 Å². The third-order valence-electron chi connectivity index (χ3n) is 12.0. The van der Waals surface area contributed by atoms with Gasteiger partial charge >= 0.3 is 0 Å². The molecule has 0 aliphatic rings. The molecule has 0 radical (unpaired) electrons. The SMILES string of the molecule is [2H]c1c([2H])c([2H])c(-c2cccc(-c3cc(C(C)(C)C)cc(C(C)(C)C)c3)c2-[n+]2[c-]n(-c3cccc(Oc4ccc5c6ccccc6n(-c6cc(C(CC)CC)ccn6)c5c4)c3)cc2)c([2H])c1[2H]. The Hall–Kier alpha value is -6.72. The number of hydrogen-bond donors (Lipinski definition) is 0. The lowest BCUT2D eigenvalue weighted by Crippen LogP contribution is -2.30. The Morgan fingerprint density at radius 2 is 1.35 bits per heavy atom. The number of pyridine rings is 1. The predicted molar refractivity (Wildman–Crippen MR) is 256 cm³/mol. The molecule has 3 aromatic heterocycles. The normalized spacial score (nSPS) is 13.3. The lowest BCUT2D eigenvalue weighted by Gasteiger charge is -2.27. The Kier molecular flexibility index (Phi) is 9.17. The summed E-state index contributed by atoms with van der Waals surface area (Å²) in [6, 6.07) is 37.5. The van der Waals surface area contributed by atoms with Crippen LogP contribution in [-0.4, -0.2) is 14.1 Å². The van der Waals surface area contributed by atoms with Crippen molar-refractivity contribution in [3.05, 3.63) is 187 Å². The monoisotopic (exact) mass is 817 g/mol. The first-order valence-electron chi connectivity index (χ1n) is 24.1. The van der Waals surface area contributed by atoms with Crippen molar-refractivity contribution in [1.82, 2.24) is 14.1 Å². The van der Waals surface area contributed by atoms with Crippen LogP contribution in [0.4, 0.5) is 0 Å². The van der Waals surface area contributed by atoms with E-state index < -0.39 is 6.04 Å². The van der Waals surface area contributed by atoms with Crippen molar-refractivity contribution < 1.29 is 16.2 Å². The number of para-hydroxylation sites is 2. The molecule has 0 saturated carbocycles. The Bertz CT molecular complexity index is 3290. The summed E-state index contributed by atoms with van der Waals surface area (Å²) < 4.78 is 56.3. The van der Waals surface area contributed by atoms with Gasteiger partial charge in [-0.1, -0.05) is 146 Å². The number of rotatable bonds is 10. The van der Waals surface area contributed by atoms with Gasteiger partial charge in [0.2, 0.25) is 0 Å². The van der Waals surface area contributed by atoms with E-state index in [0.29, 0.717) is 28.7 Å². The van der Waals surface area contributed by atoms with Crippen molar-refractivity contribution >= 4 is 21.8 Å². The van der Waals surface area contributed by atoms with E-state index in [4.69, 9.17) is 16.6 Å². The highest BCUT2D eigenvalue weighted by Crippen LogP contribution is 2.39. The number of hydrogen-bond acceptors (Lipinski definition) is 2. The number of benzene rings is 6. The molecule has 0 aliphatic heterocycles. The van der Waals surface area contributed by atoms with Crippen molar-refractivity contribution in [2.75, 3.05) is 0 Å². The van der Waals surface area contributed by atoms with Crippen LogP contribution < -0.4 is 9.30 Å². The molecule has 0 unspecified atom stereocenters. The van der Waals surface area contributed by atoms with Crippen LogP contribution in [0.15, 0.2) is 164 Å². The first-order valence-corrected chi connectivity index (χ1v) is 21.6. The molecule has 9 aromatic rings. The second-order valence-electron chi connectivity index (χ2n) is 18.2. The molecule has 5 heteroatoms. The van der Waals surface area contributed by atoms with Gasteiger partial charge in [-0.05, 0) is 117 Å². The van der Waals surface area contributed by atoms with Gasteiger partial charge in [0.15, 0.2) is 0 Å². The summed E-state index contributed by atoms with van der Waals surface area (Å²) in [5.74, 6) is 2.65. The summed E-state index contributed by atoms with van der Waals surface area (Å²) in [7, 11) is 0. The zero-order valence-corrected chi connectivity index (χ0v) is 36.9. The molecule has 9 rings (SSSR count). The predicted octanol–water partition coefficient (Wildman–Crippen LogP) is 14.7. The number of imidazole rings is 1. The van der Waals surface area contributed by atoms with Crippen LogP contribution in [0.1, 0.15) is 97.7 Å². The van der Waals surface area contributed by atoms with Gasteiger partial charge in [0, 0.05) is 35.4 Å². The van der Waals surface area contributed by atoms with Crippen LogP contribution in [0.3, 0.4) is 0 Å². The Morgan fingerprint density at radius 1 is 0.677 bits per heavy atom. The molecule has 0 amide bonds. The van der Waals surface area contributed by atoms with Gasteiger partial charge in [-0.2, -0.15) is 0 Å². The third kappa shape index (κ3) is 7.84. The lowest BCUT2D eigenvalue weighted by atomic mass is 9.78. The molecular formula is C57H56N4O. The van der Waals surface area contributed by atoms with Crippen LogP contribution in [-0.2, 0) is 10.8 Å². The maximum Gasteiger partial charge on any atom is 0.268 e. The van der Waals surface area contributed by atoms with Crippen molar-refractivity contribution in [3.63, 3.8) is 0 Å². The van der Waals surface area contributed by atoms with Crippen molar-refractivity contribution in [2.24, 2.45) is 0 Å². The van der Waals surface area contributed by atoms with E-state index in [1.807, 2.05) is 76.3 Å². The molecule has 0 saturated heterocycles. The fraction of sp³-hybridized carbons (Fsp3) is 0.228. The average Bonchev–Trinajstić information content (AvgIpc) is 3.93. The number of fused-ring (bicyclic) bond motifs is 3. The Balaban J connectivity index is 1.15. The van der Waals surface area contributed by atoms with Gasteiger partial charge in [-0.25, -0.2) is 4.98 Å². The van der Waals surface area contributed by atoms with E-state index >= 15 is 0 Å². The summed E-state index contributed by atoms with van der Waals surface area (Å²) in [5.41, 5.74) is 9.23. The highest BCUT2D eigenvalue weighted by molar-refractivity contribution is 6.09. The first kappa shape index (κ1) is 34.9. The number of aromatic nitrogens is 4. The molecule has 0 N–H and O–H groups in total. The summed E-state index contributed by atoms with van der Waals surface area (Å²) >= 11 is 0. The molecule has 5 nitrogen and oxygen atoms in total. The molecular weight excluding hydrogens is 757 g/mol. The fourth-order valence-electron chi connectivity index (χ4n) is 8.52. The standard InChI is InChI=1S/C57H56N4O/c1-9-39(10-2)41-28-29-58-54(34-41)61-52-25-15-14-22-50(52)51-27-26-47(37-53(51)61)62-46-21-16-20-45(36-46)59-30-31-60(38-59)55-48(40-18-12-11-13-19-40)23-17-24-49(55)42-32-43(56(3,4)5)35-44(33-42)57(6,7)8/h11-37,39H,9-10H2,1-8H3/i11D,12D,13D,18D,19D. The lowest BCUT2D eigenvalue weighted by molar-refractivity contribution is -0.598. The third-order valence-corrected chi connectivity index (χ3v) is 12.0. The molecule has 0 spiro atoms. The summed E-state index contributed by atoms with van der Waals surface area (Å²) in [6.45, 7) is 17.7. The average molecular weight is 818 g/mol. The minimum Gasteiger partial charge on any atom is -0.458 e. The molecule has 6 aromatic carbocycles. The van der Waals surface area contributed by atoms with Crippen LogP contribution in [0.5, 0.6) is 11.5 Å². The van der Waals surface area contributed by atoms with Crippen molar-refractivity contribution in [1.29, 1.82) is 0 Å². The smallest absolute Gasteiger partial charge is 0.268 e. The molecule has 0 fully saturated rings. The van der Waals surface area contributed by atoms with E-state index in [1.165, 1.54) is 16.7 Å². The van der Waals surface area contributed by atoms with Gasteiger partial charge in [0.1, 0.15) is 17.3 Å². The molecule has 0 atom stereocenters. The van der Waals surface area contributed by atoms with Crippen molar-refractivity contribution in [2.45, 2.75) is 85.0 Å². The second-order valence-corrected chi connectivity index (χ2v) is 18.2. The van der Waals surface area contributed by atoms with Gasteiger partial charge in [0.05, 0.1) is 29.3 Å². The van der Waals surface area contributed by atoms with E-state index in [0.717, 1.165) is 57.3 Å². The maximum atomic E-state index is 9.05. The fourth-order valence-corrected chi connectivity index (χ4v) is 8.52. The van der Waals surface area contributed by atoms with Gasteiger partial charge < -0.3 is 4.74 Å². The Morgan fingerprint density at radius 3 is 2.08 bits per heavy atom. The second kappa shape index (κ2) is 16.3. The molecule has 0 bridgehead atoms. The zero-order valence-electron chi connectivity index (χ0n) is 41.9. The topological polar surface area (TPSA) is 35.9 Å². The highest BCUT2D eigenvalue weighted by Gasteiger charge is 2.24. The zero-order chi connectivity index (χ0) is 47.5. The molecule has 310 valence electrons. The minimum atomic E-state index is -0.432. The Labute approximate surface area is 374 Å². The van der Waals surface area contributed by atoms with Crippen molar-refractivity contribution in [3.8, 4) is 50.9 Å². The molecule has 0 aliphatic carbocycles. The maximum absolute atomic E-state index is 9.05. The van der Waals surface area contributed by atoms with Crippen LogP contribution >= 0.6 is 0 Å². The summed E-state index contributed by atoms with van der Waals surface area (Å²) in [6.07, 6.45) is 11.4. The minimum absolute atomic E-state index is 0.125. The van der Waals surface area contributed by atoms with Gasteiger partial charge in [-0.15, -0.1) is 0 Å². The first-order chi connectivity index (χ1) is 32.0. The molecule has 3 heterocycles. The number of ether oxygens (including phenoxy) is 1. The highest BCUT2D eigenvalue weighted by atomic mass is 16.5. The van der Waals surface area contributed by atoms with Crippen LogP contribution in [0, 0.1) is 6.33 Å². The molecule has 62 heavy (non-hydrogen) atoms. The quantitative estimate of drug-likeness (QED) is 0.102. The van der Waals surface area contributed by atoms with E-state index in [9.17, 15) is 0 Å². The van der Waals surface area contributed by atoms with Crippen LogP contribution in [0.2, 0.25) is 0 Å². The largest absolute Gasteiger partial charge is 0.458 e. The van der Waals surface area contributed by atoms with Gasteiger partial charge in [-0.3, -0.25) is 13.7 Å². The summed E-state index contributed by atoms with van der Waals surface area (Å²) in [5, 5.41) is 2.26. The van der Waals surface area contributed by atoms with E-state index in [2.05, 4.69) is 133 Å².